The quantitative estimate of drug-likeness (QED) is 0.835. The number of nitrogens with zero attached hydrogens (tertiary/aromatic N) is 1. The normalized spacial score (nSPS) is 16.5. The molecule has 118 valence electrons. The van der Waals surface area contributed by atoms with Crippen LogP contribution in [0, 0.1) is 0 Å². The lowest BCUT2D eigenvalue weighted by Gasteiger charge is -2.24. The molecule has 0 bridgehead atoms. The standard InChI is InChI=1S/C11H11Cl2F3N2O2S/c12-8-3-6(17)4-9(13)10(8)21(19,20)18(7-1-2-7)5-11(14,15)16/h3-4,7H,1-2,5,17H2. The lowest BCUT2D eigenvalue weighted by atomic mass is 10.3. The van der Waals surface area contributed by atoms with Gasteiger partial charge in [-0.3, -0.25) is 0 Å². The van der Waals surface area contributed by atoms with Crippen molar-refractivity contribution in [3.05, 3.63) is 22.2 Å². The van der Waals surface area contributed by atoms with Crippen molar-refractivity contribution in [3.8, 4) is 0 Å². The highest BCUT2D eigenvalue weighted by Gasteiger charge is 2.45. The molecule has 4 nitrogen and oxygen atoms in total. The number of anilines is 1. The zero-order valence-corrected chi connectivity index (χ0v) is 12.8. The molecule has 0 heterocycles. The zero-order valence-electron chi connectivity index (χ0n) is 10.5. The molecule has 1 aromatic carbocycles. The Bertz CT molecular complexity index is 637. The van der Waals surface area contributed by atoms with E-state index in [1.807, 2.05) is 0 Å². The summed E-state index contributed by atoms with van der Waals surface area (Å²) in [4.78, 5) is -0.545. The second-order valence-electron chi connectivity index (χ2n) is 4.71. The van der Waals surface area contributed by atoms with Gasteiger partial charge in [0.1, 0.15) is 11.4 Å². The Morgan fingerprint density at radius 2 is 1.71 bits per heavy atom. The van der Waals surface area contributed by atoms with Crippen molar-refractivity contribution in [3.63, 3.8) is 0 Å². The van der Waals surface area contributed by atoms with Gasteiger partial charge in [-0.2, -0.15) is 17.5 Å². The maximum Gasteiger partial charge on any atom is 0.402 e. The van der Waals surface area contributed by atoms with Gasteiger partial charge in [-0.1, -0.05) is 23.2 Å². The number of nitrogens with two attached hydrogens (primary N) is 1. The first-order chi connectivity index (χ1) is 9.52. The van der Waals surface area contributed by atoms with Crippen molar-refractivity contribution in [2.75, 3.05) is 12.3 Å². The van der Waals surface area contributed by atoms with Crippen LogP contribution in [-0.4, -0.2) is 31.5 Å². The second kappa shape index (κ2) is 5.49. The second-order valence-corrected chi connectivity index (χ2v) is 7.35. The summed E-state index contributed by atoms with van der Waals surface area (Å²) in [5.74, 6) is 0. The summed E-state index contributed by atoms with van der Waals surface area (Å²) in [6, 6.07) is 1.60. The number of sulfonamides is 1. The molecule has 1 aliphatic carbocycles. The van der Waals surface area contributed by atoms with Crippen LogP contribution >= 0.6 is 23.2 Å². The van der Waals surface area contributed by atoms with E-state index in [0.29, 0.717) is 17.1 Å². The van der Waals surface area contributed by atoms with Crippen LogP contribution in [0.1, 0.15) is 12.8 Å². The molecule has 21 heavy (non-hydrogen) atoms. The highest BCUT2D eigenvalue weighted by Crippen LogP contribution is 2.39. The molecule has 1 fully saturated rings. The Labute approximate surface area is 129 Å². The first kappa shape index (κ1) is 16.7. The summed E-state index contributed by atoms with van der Waals surface area (Å²) in [5.41, 5.74) is 5.59. The van der Waals surface area contributed by atoms with Crippen molar-refractivity contribution in [1.82, 2.24) is 4.31 Å². The molecule has 10 heteroatoms. The maximum absolute atomic E-state index is 12.6. The van der Waals surface area contributed by atoms with Crippen LogP contribution in [0.25, 0.3) is 0 Å². The molecular formula is C11H11Cl2F3N2O2S. The van der Waals surface area contributed by atoms with Crippen LogP contribution in [0.15, 0.2) is 17.0 Å². The SMILES string of the molecule is Nc1cc(Cl)c(S(=O)(=O)N(CC(F)(F)F)C2CC2)c(Cl)c1. The fourth-order valence-corrected chi connectivity index (χ4v) is 4.75. The number of hydrogen-bond acceptors (Lipinski definition) is 3. The van der Waals surface area contributed by atoms with Crippen molar-refractivity contribution in [2.45, 2.75) is 30.0 Å². The van der Waals surface area contributed by atoms with E-state index in [9.17, 15) is 21.6 Å². The Hall–Kier alpha value is -0.700. The van der Waals surface area contributed by atoms with Gasteiger partial charge in [-0.05, 0) is 25.0 Å². The van der Waals surface area contributed by atoms with Gasteiger partial charge in [-0.15, -0.1) is 0 Å². The number of benzene rings is 1. The molecule has 2 rings (SSSR count). The van der Waals surface area contributed by atoms with Crippen LogP contribution in [0.2, 0.25) is 10.0 Å². The Morgan fingerprint density at radius 1 is 1.24 bits per heavy atom. The molecule has 1 aliphatic rings. The minimum absolute atomic E-state index is 0.123. The van der Waals surface area contributed by atoms with E-state index in [1.54, 1.807) is 0 Å². The average Bonchev–Trinajstić information content (AvgIpc) is 3.05. The summed E-state index contributed by atoms with van der Waals surface area (Å²) >= 11 is 11.6. The van der Waals surface area contributed by atoms with Crippen LogP contribution in [0.4, 0.5) is 18.9 Å². The van der Waals surface area contributed by atoms with Gasteiger partial charge in [0, 0.05) is 11.7 Å². The van der Waals surface area contributed by atoms with Crippen LogP contribution in [0.3, 0.4) is 0 Å². The van der Waals surface area contributed by atoms with Crippen LogP contribution < -0.4 is 5.73 Å². The van der Waals surface area contributed by atoms with E-state index in [4.69, 9.17) is 28.9 Å². The monoisotopic (exact) mass is 362 g/mol. The maximum atomic E-state index is 12.6. The minimum Gasteiger partial charge on any atom is -0.399 e. The fourth-order valence-electron chi connectivity index (χ4n) is 1.89. The number of alkyl halides is 3. The Balaban J connectivity index is 2.49. The Kier molecular flexibility index (Phi) is 4.36. The van der Waals surface area contributed by atoms with Gasteiger partial charge in [0.15, 0.2) is 0 Å². The molecule has 0 aliphatic heterocycles. The number of hydrogen-bond donors (Lipinski definition) is 1. The number of halogens is 5. The third-order valence-corrected chi connectivity index (χ3v) is 5.70. The van der Waals surface area contributed by atoms with E-state index in [-0.39, 0.29) is 15.7 Å². The first-order valence-electron chi connectivity index (χ1n) is 5.85. The largest absolute Gasteiger partial charge is 0.402 e. The molecule has 0 aromatic heterocycles. The molecular weight excluding hydrogens is 352 g/mol. The van der Waals surface area contributed by atoms with E-state index in [0.717, 1.165) is 12.1 Å². The molecule has 0 unspecified atom stereocenters. The van der Waals surface area contributed by atoms with Crippen molar-refractivity contribution in [2.24, 2.45) is 0 Å². The first-order valence-corrected chi connectivity index (χ1v) is 8.05. The summed E-state index contributed by atoms with van der Waals surface area (Å²) in [6.07, 6.45) is -3.90. The lowest BCUT2D eigenvalue weighted by Crippen LogP contribution is -2.40. The summed E-state index contributed by atoms with van der Waals surface area (Å²) in [6.45, 7) is -1.57. The van der Waals surface area contributed by atoms with Gasteiger partial charge in [-0.25, -0.2) is 8.42 Å². The molecule has 2 N–H and O–H groups in total. The average molecular weight is 363 g/mol. The highest BCUT2D eigenvalue weighted by atomic mass is 35.5. The zero-order chi connectivity index (χ0) is 16.0. The molecule has 0 saturated heterocycles. The molecule has 1 saturated carbocycles. The lowest BCUT2D eigenvalue weighted by molar-refractivity contribution is -0.137. The van der Waals surface area contributed by atoms with Gasteiger partial charge in [0.05, 0.1) is 10.0 Å². The third-order valence-electron chi connectivity index (χ3n) is 2.88. The Morgan fingerprint density at radius 3 is 2.10 bits per heavy atom. The minimum atomic E-state index is -4.65. The predicted molar refractivity (Wildman–Crippen MR) is 73.8 cm³/mol. The van der Waals surface area contributed by atoms with E-state index in [2.05, 4.69) is 0 Å². The molecule has 0 radical (unpaired) electrons. The summed E-state index contributed by atoms with van der Waals surface area (Å²) < 4.78 is 63.2. The van der Waals surface area contributed by atoms with E-state index >= 15 is 0 Å². The summed E-state index contributed by atoms with van der Waals surface area (Å²) in [7, 11) is -4.46. The highest BCUT2D eigenvalue weighted by molar-refractivity contribution is 7.89. The molecule has 1 aromatic rings. The van der Waals surface area contributed by atoms with Crippen molar-refractivity contribution < 1.29 is 21.6 Å². The summed E-state index contributed by atoms with van der Waals surface area (Å²) in [5, 5.41) is -0.597. The van der Waals surface area contributed by atoms with E-state index < -0.39 is 33.7 Å². The van der Waals surface area contributed by atoms with Gasteiger partial charge < -0.3 is 5.73 Å². The number of nitrogen functional groups attached to an aromatic ring is 1. The third kappa shape index (κ3) is 3.74. The number of rotatable bonds is 4. The predicted octanol–water partition coefficient (Wildman–Crippen LogP) is 3.29. The van der Waals surface area contributed by atoms with Crippen LogP contribution in [-0.2, 0) is 10.0 Å². The molecule has 0 amide bonds. The topological polar surface area (TPSA) is 63.4 Å². The van der Waals surface area contributed by atoms with Crippen molar-refractivity contribution >= 4 is 38.9 Å². The van der Waals surface area contributed by atoms with Crippen LogP contribution in [0.5, 0.6) is 0 Å². The van der Waals surface area contributed by atoms with E-state index in [1.165, 1.54) is 0 Å². The fraction of sp³-hybridized carbons (Fsp3) is 0.455. The smallest absolute Gasteiger partial charge is 0.399 e. The van der Waals surface area contributed by atoms with Gasteiger partial charge >= 0.3 is 6.18 Å². The van der Waals surface area contributed by atoms with Crippen molar-refractivity contribution in [1.29, 1.82) is 0 Å². The molecule has 0 spiro atoms. The molecule has 0 atom stereocenters. The van der Waals surface area contributed by atoms with Gasteiger partial charge in [0.25, 0.3) is 0 Å². The van der Waals surface area contributed by atoms with Gasteiger partial charge in [0.2, 0.25) is 10.0 Å².